The Balaban J connectivity index is 3.08. The molecule has 0 saturated carbocycles. The fraction of sp³-hybridized carbons (Fsp3) is 0.462. The molecule has 1 aromatic carbocycles. The summed E-state index contributed by atoms with van der Waals surface area (Å²) in [6.07, 6.45) is 0.538. The first-order valence-corrected chi connectivity index (χ1v) is 7.93. The van der Waals surface area contributed by atoms with Crippen LogP contribution in [-0.4, -0.2) is 20.4 Å². The van der Waals surface area contributed by atoms with E-state index < -0.39 is 10.0 Å². The predicted molar refractivity (Wildman–Crippen MR) is 78.6 cm³/mol. The minimum absolute atomic E-state index is 0.0336. The molecule has 0 aliphatic heterocycles. The maximum Gasteiger partial charge on any atom is 0.238 e. The Labute approximate surface area is 119 Å². The second kappa shape index (κ2) is 6.34. The number of aryl methyl sites for hydroxylation is 1. The Morgan fingerprint density at radius 3 is 2.40 bits per heavy atom. The average Bonchev–Trinajstić information content (AvgIpc) is 2.36. The third-order valence-corrected chi connectivity index (χ3v) is 4.22. The van der Waals surface area contributed by atoms with Gasteiger partial charge in [-0.25, -0.2) is 13.6 Å². The lowest BCUT2D eigenvalue weighted by Gasteiger charge is -2.16. The molecular formula is C13H21N3O3S. The van der Waals surface area contributed by atoms with Crippen LogP contribution >= 0.6 is 0 Å². The van der Waals surface area contributed by atoms with Gasteiger partial charge < -0.3 is 11.1 Å². The van der Waals surface area contributed by atoms with Gasteiger partial charge in [-0.3, -0.25) is 4.79 Å². The van der Waals surface area contributed by atoms with E-state index in [0.29, 0.717) is 17.7 Å². The second-order valence-corrected chi connectivity index (χ2v) is 6.39. The molecule has 5 N–H and O–H groups in total. The lowest BCUT2D eigenvalue weighted by Crippen LogP contribution is -2.34. The van der Waals surface area contributed by atoms with Crippen molar-refractivity contribution in [2.24, 2.45) is 16.8 Å². The molecule has 0 saturated heterocycles. The quantitative estimate of drug-likeness (QED) is 0.746. The third kappa shape index (κ3) is 4.03. The highest BCUT2D eigenvalue weighted by Crippen LogP contribution is 2.21. The molecule has 112 valence electrons. The normalized spacial score (nSPS) is 14.7. The Hall–Kier alpha value is -1.44. The molecule has 0 aromatic heterocycles. The summed E-state index contributed by atoms with van der Waals surface area (Å²) in [4.78, 5) is 11.9. The van der Waals surface area contributed by atoms with Crippen LogP contribution in [0.5, 0.6) is 0 Å². The summed E-state index contributed by atoms with van der Waals surface area (Å²) in [6.45, 7) is 5.28. The number of hydrogen-bond acceptors (Lipinski definition) is 4. The van der Waals surface area contributed by atoms with Crippen LogP contribution in [0, 0.1) is 5.92 Å². The van der Waals surface area contributed by atoms with Crippen LogP contribution in [0.2, 0.25) is 0 Å². The summed E-state index contributed by atoms with van der Waals surface area (Å²) in [6, 6.07) is 4.38. The molecule has 2 atom stereocenters. The molecule has 1 amide bonds. The number of carbonyl (C=O) groups is 1. The highest BCUT2D eigenvalue weighted by molar-refractivity contribution is 7.89. The number of carbonyl (C=O) groups excluding carboxylic acids is 1. The van der Waals surface area contributed by atoms with Crippen LogP contribution in [0.25, 0.3) is 0 Å². The van der Waals surface area contributed by atoms with Gasteiger partial charge in [-0.05, 0) is 31.0 Å². The molecule has 2 unspecified atom stereocenters. The molecule has 0 heterocycles. The Morgan fingerprint density at radius 2 is 1.95 bits per heavy atom. The average molecular weight is 299 g/mol. The van der Waals surface area contributed by atoms with Crippen LogP contribution in [0.3, 0.4) is 0 Å². The number of rotatable bonds is 5. The fourth-order valence-corrected chi connectivity index (χ4v) is 2.55. The van der Waals surface area contributed by atoms with E-state index in [2.05, 4.69) is 5.32 Å². The minimum Gasteiger partial charge on any atom is -0.327 e. The van der Waals surface area contributed by atoms with Crippen molar-refractivity contribution >= 4 is 21.6 Å². The van der Waals surface area contributed by atoms with E-state index in [-0.39, 0.29) is 22.8 Å². The van der Waals surface area contributed by atoms with E-state index in [4.69, 9.17) is 10.9 Å². The first kappa shape index (κ1) is 16.6. The van der Waals surface area contributed by atoms with Gasteiger partial charge in [0, 0.05) is 11.7 Å². The summed E-state index contributed by atoms with van der Waals surface area (Å²) >= 11 is 0. The van der Waals surface area contributed by atoms with Gasteiger partial charge in [0.05, 0.1) is 10.8 Å². The van der Waals surface area contributed by atoms with Crippen molar-refractivity contribution in [3.63, 3.8) is 0 Å². The van der Waals surface area contributed by atoms with Crippen molar-refractivity contribution in [1.29, 1.82) is 0 Å². The molecule has 1 aromatic rings. The molecule has 0 spiro atoms. The van der Waals surface area contributed by atoms with Gasteiger partial charge in [0.15, 0.2) is 0 Å². The van der Waals surface area contributed by atoms with Crippen LogP contribution in [0.4, 0.5) is 5.69 Å². The Morgan fingerprint density at radius 1 is 1.35 bits per heavy atom. The summed E-state index contributed by atoms with van der Waals surface area (Å²) in [5.74, 6) is -0.636. The number of anilines is 1. The van der Waals surface area contributed by atoms with Crippen LogP contribution in [0.15, 0.2) is 23.1 Å². The number of hydrogen-bond donors (Lipinski definition) is 3. The van der Waals surface area contributed by atoms with Gasteiger partial charge in [-0.15, -0.1) is 0 Å². The number of nitrogens with two attached hydrogens (primary N) is 2. The molecule has 20 heavy (non-hydrogen) atoms. The lowest BCUT2D eigenvalue weighted by molar-refractivity contribution is -0.119. The van der Waals surface area contributed by atoms with Crippen molar-refractivity contribution in [2.75, 3.05) is 5.32 Å². The molecule has 6 nitrogen and oxygen atoms in total. The first-order chi connectivity index (χ1) is 9.16. The highest BCUT2D eigenvalue weighted by atomic mass is 32.2. The van der Waals surface area contributed by atoms with Crippen molar-refractivity contribution in [3.05, 3.63) is 23.8 Å². The predicted octanol–water partition coefficient (Wildman–Crippen LogP) is 0.818. The maximum atomic E-state index is 11.9. The largest absolute Gasteiger partial charge is 0.327 e. The summed E-state index contributed by atoms with van der Waals surface area (Å²) in [7, 11) is -3.82. The second-order valence-electron chi connectivity index (χ2n) is 4.86. The number of sulfonamides is 1. The fourth-order valence-electron chi connectivity index (χ4n) is 1.68. The summed E-state index contributed by atoms with van der Waals surface area (Å²) in [5, 5.41) is 7.83. The zero-order valence-electron chi connectivity index (χ0n) is 11.9. The Kier molecular flexibility index (Phi) is 5.27. The molecule has 0 bridgehead atoms. The van der Waals surface area contributed by atoms with Gasteiger partial charge in [0.1, 0.15) is 0 Å². The molecular weight excluding hydrogens is 278 g/mol. The third-order valence-electron chi connectivity index (χ3n) is 3.22. The van der Waals surface area contributed by atoms with E-state index in [9.17, 15) is 13.2 Å². The van der Waals surface area contributed by atoms with E-state index in [1.807, 2.05) is 6.92 Å². The smallest absolute Gasteiger partial charge is 0.238 e. The Bertz CT molecular complexity index is 597. The van der Waals surface area contributed by atoms with Crippen molar-refractivity contribution < 1.29 is 13.2 Å². The minimum atomic E-state index is -3.82. The van der Waals surface area contributed by atoms with Gasteiger partial charge in [0.25, 0.3) is 0 Å². The zero-order chi connectivity index (χ0) is 15.5. The zero-order valence-corrected chi connectivity index (χ0v) is 12.7. The van der Waals surface area contributed by atoms with E-state index >= 15 is 0 Å². The number of primary sulfonamides is 1. The monoisotopic (exact) mass is 299 g/mol. The first-order valence-electron chi connectivity index (χ1n) is 6.39. The van der Waals surface area contributed by atoms with E-state index in [1.54, 1.807) is 26.0 Å². The molecule has 0 aliphatic carbocycles. The van der Waals surface area contributed by atoms with Crippen LogP contribution < -0.4 is 16.2 Å². The van der Waals surface area contributed by atoms with E-state index in [0.717, 1.165) is 0 Å². The van der Waals surface area contributed by atoms with Crippen molar-refractivity contribution in [1.82, 2.24) is 0 Å². The highest BCUT2D eigenvalue weighted by Gasteiger charge is 2.19. The molecule has 0 fully saturated rings. The number of benzene rings is 1. The number of nitrogens with one attached hydrogen (secondary N) is 1. The van der Waals surface area contributed by atoms with Crippen molar-refractivity contribution in [3.8, 4) is 0 Å². The summed E-state index contributed by atoms with van der Waals surface area (Å²) < 4.78 is 23.1. The SMILES string of the molecule is CCc1ccc(NC(=O)C(C)C(C)N)cc1S(N)(=O)=O. The summed E-state index contributed by atoms with van der Waals surface area (Å²) in [5.41, 5.74) is 6.67. The molecule has 1 rings (SSSR count). The van der Waals surface area contributed by atoms with Crippen LogP contribution in [-0.2, 0) is 21.2 Å². The van der Waals surface area contributed by atoms with Gasteiger partial charge >= 0.3 is 0 Å². The van der Waals surface area contributed by atoms with Crippen LogP contribution in [0.1, 0.15) is 26.3 Å². The molecule has 7 heteroatoms. The van der Waals surface area contributed by atoms with Gasteiger partial charge in [0.2, 0.25) is 15.9 Å². The maximum absolute atomic E-state index is 11.9. The number of amides is 1. The standard InChI is InChI=1S/C13H21N3O3S/c1-4-10-5-6-11(7-12(10)20(15,18)19)16-13(17)8(2)9(3)14/h5-9H,4,14H2,1-3H3,(H,16,17)(H2,15,18,19). The molecule has 0 radical (unpaired) electrons. The van der Waals surface area contributed by atoms with Gasteiger partial charge in [-0.1, -0.05) is 19.9 Å². The van der Waals surface area contributed by atoms with Crippen molar-refractivity contribution in [2.45, 2.75) is 38.1 Å². The topological polar surface area (TPSA) is 115 Å². The lowest BCUT2D eigenvalue weighted by atomic mass is 10.0. The van der Waals surface area contributed by atoms with Gasteiger partial charge in [-0.2, -0.15) is 0 Å². The van der Waals surface area contributed by atoms with E-state index in [1.165, 1.54) is 6.07 Å². The molecule has 0 aliphatic rings.